The second-order valence-corrected chi connectivity index (χ2v) is 5.74. The number of rotatable bonds is 3. The number of nitrogens with one attached hydrogen (secondary N) is 3. The molecule has 110 valence electrons. The standard InChI is InChI=1S/C14H18N6O/c21-13-11-7-16-19-12(11)17-14(18-13)20(10-3-4-10)8-9-2-1-5-15-6-9/h1-2,5-6,10-12,16,19H,3-4,7-8H2,(H,17,18,21). The molecular formula is C14H18N6O. The number of hydrogen-bond donors (Lipinski definition) is 3. The van der Waals surface area contributed by atoms with Gasteiger partial charge < -0.3 is 4.90 Å². The summed E-state index contributed by atoms with van der Waals surface area (Å²) in [5.74, 6) is 0.608. The summed E-state index contributed by atoms with van der Waals surface area (Å²) < 4.78 is 0. The van der Waals surface area contributed by atoms with Gasteiger partial charge in [-0.3, -0.25) is 20.5 Å². The van der Waals surface area contributed by atoms with E-state index in [2.05, 4.69) is 31.0 Å². The fraction of sp³-hybridized carbons (Fsp3) is 0.500. The van der Waals surface area contributed by atoms with Crippen molar-refractivity contribution in [3.63, 3.8) is 0 Å². The van der Waals surface area contributed by atoms with E-state index in [-0.39, 0.29) is 18.0 Å². The molecule has 2 atom stereocenters. The predicted molar refractivity (Wildman–Crippen MR) is 76.8 cm³/mol. The molecule has 0 aromatic carbocycles. The van der Waals surface area contributed by atoms with Crippen molar-refractivity contribution in [1.82, 2.24) is 26.1 Å². The number of amides is 1. The van der Waals surface area contributed by atoms with Gasteiger partial charge in [-0.25, -0.2) is 10.4 Å². The Kier molecular flexibility index (Phi) is 3.08. The molecule has 0 radical (unpaired) electrons. The van der Waals surface area contributed by atoms with Crippen LogP contribution in [0.15, 0.2) is 29.5 Å². The zero-order valence-corrected chi connectivity index (χ0v) is 11.6. The van der Waals surface area contributed by atoms with Crippen molar-refractivity contribution < 1.29 is 4.79 Å². The van der Waals surface area contributed by atoms with Crippen LogP contribution in [-0.4, -0.2) is 40.5 Å². The topological polar surface area (TPSA) is 81.7 Å². The maximum Gasteiger partial charge on any atom is 0.234 e. The van der Waals surface area contributed by atoms with Gasteiger partial charge in [0.05, 0.1) is 5.92 Å². The highest BCUT2D eigenvalue weighted by atomic mass is 16.2. The quantitative estimate of drug-likeness (QED) is 0.703. The Hall–Kier alpha value is -1.99. The third kappa shape index (κ3) is 2.50. The summed E-state index contributed by atoms with van der Waals surface area (Å²) in [6.45, 7) is 1.35. The van der Waals surface area contributed by atoms with Gasteiger partial charge in [0.15, 0.2) is 0 Å². The highest BCUT2D eigenvalue weighted by molar-refractivity contribution is 6.00. The highest BCUT2D eigenvalue weighted by Gasteiger charge is 2.40. The van der Waals surface area contributed by atoms with Gasteiger partial charge in [0, 0.05) is 31.5 Å². The molecule has 0 spiro atoms. The minimum absolute atomic E-state index is 0.0411. The van der Waals surface area contributed by atoms with Crippen LogP contribution in [-0.2, 0) is 11.3 Å². The van der Waals surface area contributed by atoms with Crippen molar-refractivity contribution in [1.29, 1.82) is 0 Å². The Labute approximate surface area is 122 Å². The average Bonchev–Trinajstić information content (AvgIpc) is 3.23. The van der Waals surface area contributed by atoms with Gasteiger partial charge >= 0.3 is 0 Å². The number of aromatic nitrogens is 1. The molecule has 0 bridgehead atoms. The van der Waals surface area contributed by atoms with Gasteiger partial charge in [-0.1, -0.05) is 6.07 Å². The number of carbonyl (C=O) groups excluding carboxylic acids is 1. The van der Waals surface area contributed by atoms with E-state index >= 15 is 0 Å². The number of carbonyl (C=O) groups is 1. The number of nitrogens with zero attached hydrogens (tertiary/aromatic N) is 3. The van der Waals surface area contributed by atoms with E-state index in [1.54, 1.807) is 6.20 Å². The molecule has 1 saturated carbocycles. The number of hydrogen-bond acceptors (Lipinski definition) is 6. The molecule has 2 fully saturated rings. The van der Waals surface area contributed by atoms with Crippen LogP contribution in [0.2, 0.25) is 0 Å². The van der Waals surface area contributed by atoms with Crippen LogP contribution >= 0.6 is 0 Å². The number of pyridine rings is 1. The summed E-state index contributed by atoms with van der Waals surface area (Å²) in [6.07, 6.45) is 5.76. The third-order valence-corrected chi connectivity index (χ3v) is 4.12. The molecule has 1 amide bonds. The van der Waals surface area contributed by atoms with Crippen LogP contribution in [0.3, 0.4) is 0 Å². The Bertz CT molecular complexity index is 570. The van der Waals surface area contributed by atoms with Crippen molar-refractivity contribution in [3.8, 4) is 0 Å². The molecule has 2 aliphatic heterocycles. The molecule has 7 heteroatoms. The number of hydrazine groups is 1. The number of fused-ring (bicyclic) bond motifs is 1. The van der Waals surface area contributed by atoms with Crippen molar-refractivity contribution >= 4 is 11.9 Å². The van der Waals surface area contributed by atoms with E-state index in [1.165, 1.54) is 0 Å². The fourth-order valence-corrected chi connectivity index (χ4v) is 2.81. The molecule has 1 aliphatic carbocycles. The Morgan fingerprint density at radius 3 is 3.05 bits per heavy atom. The molecule has 4 rings (SSSR count). The lowest BCUT2D eigenvalue weighted by Gasteiger charge is -2.31. The van der Waals surface area contributed by atoms with Crippen LogP contribution in [0.4, 0.5) is 0 Å². The Morgan fingerprint density at radius 1 is 1.38 bits per heavy atom. The lowest BCUT2D eigenvalue weighted by Crippen LogP contribution is -2.53. The summed E-state index contributed by atoms with van der Waals surface area (Å²) in [4.78, 5) is 23.2. The first-order valence-electron chi connectivity index (χ1n) is 7.34. The van der Waals surface area contributed by atoms with E-state index < -0.39 is 0 Å². The lowest BCUT2D eigenvalue weighted by atomic mass is 10.1. The van der Waals surface area contributed by atoms with Crippen molar-refractivity contribution in [2.45, 2.75) is 31.6 Å². The van der Waals surface area contributed by atoms with Gasteiger partial charge in [0.25, 0.3) is 0 Å². The molecule has 3 N–H and O–H groups in total. The first-order chi connectivity index (χ1) is 10.3. The summed E-state index contributed by atoms with van der Waals surface area (Å²) in [5, 5.41) is 2.97. The van der Waals surface area contributed by atoms with Crippen LogP contribution in [0.25, 0.3) is 0 Å². The van der Waals surface area contributed by atoms with Crippen LogP contribution in [0.5, 0.6) is 0 Å². The lowest BCUT2D eigenvalue weighted by molar-refractivity contribution is -0.124. The molecule has 3 heterocycles. The first-order valence-corrected chi connectivity index (χ1v) is 7.34. The van der Waals surface area contributed by atoms with Gasteiger partial charge in [-0.05, 0) is 24.5 Å². The minimum Gasteiger partial charge on any atom is -0.335 e. The van der Waals surface area contributed by atoms with Crippen LogP contribution in [0.1, 0.15) is 18.4 Å². The van der Waals surface area contributed by atoms with E-state index in [4.69, 9.17) is 0 Å². The maximum atomic E-state index is 12.2. The molecule has 3 aliphatic rings. The van der Waals surface area contributed by atoms with Crippen LogP contribution < -0.4 is 16.2 Å². The number of guanidine groups is 1. The monoisotopic (exact) mass is 286 g/mol. The second kappa shape index (κ2) is 5.09. The van der Waals surface area contributed by atoms with E-state index in [9.17, 15) is 4.79 Å². The molecule has 7 nitrogen and oxygen atoms in total. The summed E-state index contributed by atoms with van der Waals surface area (Å²) in [5.41, 5.74) is 7.19. The third-order valence-electron chi connectivity index (χ3n) is 4.12. The largest absolute Gasteiger partial charge is 0.335 e. The van der Waals surface area contributed by atoms with Crippen molar-refractivity contribution in [2.75, 3.05) is 6.54 Å². The molecule has 21 heavy (non-hydrogen) atoms. The summed E-state index contributed by atoms with van der Waals surface area (Å²) in [7, 11) is 0. The van der Waals surface area contributed by atoms with E-state index in [1.807, 2.05) is 18.3 Å². The van der Waals surface area contributed by atoms with Crippen molar-refractivity contribution in [2.24, 2.45) is 10.9 Å². The maximum absolute atomic E-state index is 12.2. The summed E-state index contributed by atoms with van der Waals surface area (Å²) in [6, 6.07) is 4.45. The minimum atomic E-state index is -0.163. The molecule has 1 saturated heterocycles. The Morgan fingerprint density at radius 2 is 2.29 bits per heavy atom. The van der Waals surface area contributed by atoms with Crippen molar-refractivity contribution in [3.05, 3.63) is 30.1 Å². The van der Waals surface area contributed by atoms with Gasteiger partial charge in [-0.15, -0.1) is 0 Å². The predicted octanol–water partition coefficient (Wildman–Crippen LogP) is -0.418. The van der Waals surface area contributed by atoms with Gasteiger partial charge in [0.1, 0.15) is 6.17 Å². The average molecular weight is 286 g/mol. The fourth-order valence-electron chi connectivity index (χ4n) is 2.81. The Balaban J connectivity index is 1.58. The van der Waals surface area contributed by atoms with E-state index in [0.29, 0.717) is 18.5 Å². The SMILES string of the molecule is O=C1NC(N(Cc2cccnc2)C2CC2)=NC2NNCC12. The first kappa shape index (κ1) is 12.7. The number of aliphatic imine (C=N–C) groups is 1. The zero-order chi connectivity index (χ0) is 14.2. The highest BCUT2D eigenvalue weighted by Crippen LogP contribution is 2.29. The van der Waals surface area contributed by atoms with E-state index in [0.717, 1.165) is 24.9 Å². The zero-order valence-electron chi connectivity index (χ0n) is 11.6. The summed E-state index contributed by atoms with van der Waals surface area (Å²) >= 11 is 0. The normalized spacial score (nSPS) is 27.8. The smallest absolute Gasteiger partial charge is 0.234 e. The molecule has 2 unspecified atom stereocenters. The molecular weight excluding hydrogens is 268 g/mol. The van der Waals surface area contributed by atoms with Gasteiger partial charge in [-0.2, -0.15) is 0 Å². The molecule has 1 aromatic rings. The molecule has 1 aromatic heterocycles. The van der Waals surface area contributed by atoms with Crippen LogP contribution in [0, 0.1) is 5.92 Å². The van der Waals surface area contributed by atoms with Gasteiger partial charge in [0.2, 0.25) is 11.9 Å². The second-order valence-electron chi connectivity index (χ2n) is 5.74.